The van der Waals surface area contributed by atoms with E-state index in [1.807, 2.05) is 60.1 Å². The van der Waals surface area contributed by atoms with Gasteiger partial charge in [0.1, 0.15) is 5.71 Å². The number of rotatable bonds is 11. The van der Waals surface area contributed by atoms with Gasteiger partial charge in [-0.2, -0.15) is 0 Å². The SMILES string of the molecule is CCCCCC/C(=N\OC(C)=O)c1cn(-c2cccc(/C(=N/OC(C)=O)c3cccs3)c2)c2ccccc12. The molecule has 4 rings (SSSR count). The molecule has 38 heavy (non-hydrogen) atoms. The molecular weight excluding hydrogens is 498 g/mol. The summed E-state index contributed by atoms with van der Waals surface area (Å²) in [6.45, 7) is 4.86. The summed E-state index contributed by atoms with van der Waals surface area (Å²) in [6, 6.07) is 19.9. The van der Waals surface area contributed by atoms with Crippen molar-refractivity contribution in [3.05, 3.63) is 88.2 Å². The van der Waals surface area contributed by atoms with Crippen molar-refractivity contribution in [3.63, 3.8) is 0 Å². The topological polar surface area (TPSA) is 82.2 Å². The van der Waals surface area contributed by atoms with Crippen LogP contribution in [0, 0.1) is 0 Å². The molecule has 0 spiro atoms. The van der Waals surface area contributed by atoms with Crippen molar-refractivity contribution in [2.24, 2.45) is 10.3 Å². The van der Waals surface area contributed by atoms with E-state index in [-0.39, 0.29) is 0 Å². The molecule has 0 saturated carbocycles. The first-order valence-corrected chi connectivity index (χ1v) is 13.6. The Hall–Kier alpha value is -4.04. The molecule has 2 aromatic carbocycles. The van der Waals surface area contributed by atoms with Crippen molar-refractivity contribution in [2.75, 3.05) is 0 Å². The van der Waals surface area contributed by atoms with Crippen molar-refractivity contribution in [1.82, 2.24) is 4.57 Å². The highest BCUT2D eigenvalue weighted by Gasteiger charge is 2.17. The minimum Gasteiger partial charge on any atom is -0.318 e. The lowest BCUT2D eigenvalue weighted by molar-refractivity contribution is -0.141. The van der Waals surface area contributed by atoms with Crippen LogP contribution >= 0.6 is 11.3 Å². The van der Waals surface area contributed by atoms with Crippen molar-refractivity contribution in [3.8, 4) is 5.69 Å². The standard InChI is InChI=1S/C30H31N3O4S/c1-4-5-6-7-15-27(31-36-21(2)34)26-20-33(28-16-9-8-14-25(26)28)24-13-10-12-23(19-24)30(32-37-22(3)35)29-17-11-18-38-29/h8-14,16-20H,4-7,15H2,1-3H3/b31-27+,32-30-. The monoisotopic (exact) mass is 529 g/mol. The molecule has 4 aromatic rings. The van der Waals surface area contributed by atoms with Crippen LogP contribution in [0.1, 0.15) is 68.9 Å². The zero-order chi connectivity index (χ0) is 26.9. The lowest BCUT2D eigenvalue weighted by atomic mass is 10.0. The van der Waals surface area contributed by atoms with Gasteiger partial charge in [-0.3, -0.25) is 0 Å². The molecule has 8 heteroatoms. The molecule has 0 radical (unpaired) electrons. The minimum atomic E-state index is -0.477. The highest BCUT2D eigenvalue weighted by atomic mass is 32.1. The molecule has 0 aliphatic rings. The Labute approximate surface area is 226 Å². The third-order valence-electron chi connectivity index (χ3n) is 5.99. The van der Waals surface area contributed by atoms with E-state index in [9.17, 15) is 9.59 Å². The molecule has 0 aliphatic heterocycles. The van der Waals surface area contributed by atoms with Crippen LogP contribution in [0.15, 0.2) is 82.6 Å². The second-order valence-corrected chi connectivity index (χ2v) is 9.86. The van der Waals surface area contributed by atoms with E-state index < -0.39 is 11.9 Å². The maximum atomic E-state index is 11.6. The van der Waals surface area contributed by atoms with Gasteiger partial charge in [0, 0.05) is 42.2 Å². The number of carbonyl (C=O) groups is 2. The predicted molar refractivity (Wildman–Crippen MR) is 152 cm³/mol. The fourth-order valence-electron chi connectivity index (χ4n) is 4.26. The van der Waals surface area contributed by atoms with Crippen molar-refractivity contribution in [2.45, 2.75) is 52.9 Å². The number of hydrogen-bond donors (Lipinski definition) is 0. The van der Waals surface area contributed by atoms with E-state index in [1.165, 1.54) is 25.2 Å². The van der Waals surface area contributed by atoms with Gasteiger partial charge in [-0.25, -0.2) is 9.59 Å². The number of thiophene rings is 1. The van der Waals surface area contributed by atoms with E-state index in [2.05, 4.69) is 33.9 Å². The highest BCUT2D eigenvalue weighted by molar-refractivity contribution is 7.12. The van der Waals surface area contributed by atoms with Crippen molar-refractivity contribution >= 4 is 45.6 Å². The second kappa shape index (κ2) is 13.0. The Bertz CT molecular complexity index is 1470. The number of aromatic nitrogens is 1. The summed E-state index contributed by atoms with van der Waals surface area (Å²) in [5.74, 6) is -0.921. The summed E-state index contributed by atoms with van der Waals surface area (Å²) in [5.41, 5.74) is 4.99. The van der Waals surface area contributed by atoms with Crippen LogP contribution in [0.25, 0.3) is 16.6 Å². The van der Waals surface area contributed by atoms with Gasteiger partial charge < -0.3 is 14.2 Å². The maximum Gasteiger partial charge on any atom is 0.332 e. The third-order valence-corrected chi connectivity index (χ3v) is 6.87. The quantitative estimate of drug-likeness (QED) is 0.0887. The summed E-state index contributed by atoms with van der Waals surface area (Å²) in [4.78, 5) is 34.1. The number of benzene rings is 2. The van der Waals surface area contributed by atoms with E-state index >= 15 is 0 Å². The number of para-hydroxylation sites is 1. The normalized spacial score (nSPS) is 12.1. The van der Waals surface area contributed by atoms with E-state index in [0.29, 0.717) is 12.1 Å². The Morgan fingerprint density at radius 3 is 2.42 bits per heavy atom. The Morgan fingerprint density at radius 2 is 1.68 bits per heavy atom. The Balaban J connectivity index is 1.79. The van der Waals surface area contributed by atoms with Crippen molar-refractivity contribution in [1.29, 1.82) is 0 Å². The van der Waals surface area contributed by atoms with Gasteiger partial charge in [0.2, 0.25) is 0 Å². The largest absolute Gasteiger partial charge is 0.332 e. The number of oxime groups is 2. The number of nitrogens with zero attached hydrogens (tertiary/aromatic N) is 3. The summed E-state index contributed by atoms with van der Waals surface area (Å²) >= 11 is 1.52. The average Bonchev–Trinajstić information content (AvgIpc) is 3.57. The molecule has 7 nitrogen and oxygen atoms in total. The Morgan fingerprint density at radius 1 is 0.895 bits per heavy atom. The maximum absolute atomic E-state index is 11.6. The van der Waals surface area contributed by atoms with Gasteiger partial charge in [0.15, 0.2) is 0 Å². The van der Waals surface area contributed by atoms with Crippen LogP contribution < -0.4 is 0 Å². The van der Waals surface area contributed by atoms with Crippen molar-refractivity contribution < 1.29 is 19.3 Å². The first-order chi connectivity index (χ1) is 18.5. The van der Waals surface area contributed by atoms with Gasteiger partial charge in [-0.05, 0) is 42.5 Å². The highest BCUT2D eigenvalue weighted by Crippen LogP contribution is 2.28. The lowest BCUT2D eigenvalue weighted by Crippen LogP contribution is -2.06. The number of fused-ring (bicyclic) bond motifs is 1. The van der Waals surface area contributed by atoms with Crippen LogP contribution in [-0.2, 0) is 19.3 Å². The summed E-state index contributed by atoms with van der Waals surface area (Å²) in [7, 11) is 0. The third kappa shape index (κ3) is 6.63. The number of hydrogen-bond acceptors (Lipinski definition) is 7. The molecule has 0 aliphatic carbocycles. The van der Waals surface area contributed by atoms with Crippen LogP contribution in [0.4, 0.5) is 0 Å². The lowest BCUT2D eigenvalue weighted by Gasteiger charge is -2.09. The van der Waals surface area contributed by atoms with Gasteiger partial charge in [0.25, 0.3) is 0 Å². The zero-order valence-electron chi connectivity index (χ0n) is 21.8. The van der Waals surface area contributed by atoms with Crippen LogP contribution in [0.5, 0.6) is 0 Å². The van der Waals surface area contributed by atoms with E-state index in [4.69, 9.17) is 9.68 Å². The molecule has 196 valence electrons. The molecule has 0 bridgehead atoms. The van der Waals surface area contributed by atoms with Gasteiger partial charge in [0.05, 0.1) is 16.1 Å². The second-order valence-electron chi connectivity index (χ2n) is 8.91. The fraction of sp³-hybridized carbons (Fsp3) is 0.267. The average molecular weight is 530 g/mol. The molecule has 0 saturated heterocycles. The van der Waals surface area contributed by atoms with E-state index in [1.54, 1.807) is 0 Å². The van der Waals surface area contributed by atoms with Gasteiger partial charge >= 0.3 is 11.9 Å². The Kier molecular flexibility index (Phi) is 9.21. The van der Waals surface area contributed by atoms with Crippen LogP contribution in [-0.4, -0.2) is 27.9 Å². The molecule has 0 N–H and O–H groups in total. The molecule has 0 atom stereocenters. The molecule has 0 amide bonds. The fourth-order valence-corrected chi connectivity index (χ4v) is 4.99. The van der Waals surface area contributed by atoms with Crippen LogP contribution in [0.2, 0.25) is 0 Å². The predicted octanol–water partition coefficient (Wildman–Crippen LogP) is 7.25. The molecule has 2 heterocycles. The molecular formula is C30H31N3O4S. The summed E-state index contributed by atoms with van der Waals surface area (Å²) in [5, 5.41) is 11.4. The first-order valence-electron chi connectivity index (χ1n) is 12.7. The van der Waals surface area contributed by atoms with Gasteiger partial charge in [-0.15, -0.1) is 11.3 Å². The summed E-state index contributed by atoms with van der Waals surface area (Å²) < 4.78 is 2.10. The summed E-state index contributed by atoms with van der Waals surface area (Å²) in [6.07, 6.45) is 7.08. The molecule has 0 unspecified atom stereocenters. The van der Waals surface area contributed by atoms with Crippen LogP contribution in [0.3, 0.4) is 0 Å². The number of carbonyl (C=O) groups excluding carboxylic acids is 2. The van der Waals surface area contributed by atoms with Gasteiger partial charge in [-0.1, -0.05) is 72.9 Å². The number of unbranched alkanes of at least 4 members (excludes halogenated alkanes) is 3. The van der Waals surface area contributed by atoms with E-state index in [0.717, 1.165) is 64.0 Å². The molecule has 0 fully saturated rings. The smallest absolute Gasteiger partial charge is 0.318 e. The zero-order valence-corrected chi connectivity index (χ0v) is 22.7. The first kappa shape index (κ1) is 27.0. The minimum absolute atomic E-state index is 0.444. The molecule has 2 aromatic heterocycles.